The Morgan fingerprint density at radius 1 is 1.29 bits per heavy atom. The number of carbonyl (C=O) groups excluding carboxylic acids is 1. The standard InChI is InChI=1S/C15H19N3O2S/c1-3-20-12-6-4-11(5-7-12)15-18-13(10-21-15)14(19)17-9-8-16-2/h4-7,10,16H,3,8-9H2,1-2H3,(H,17,19). The van der Waals surface area contributed by atoms with Crippen molar-refractivity contribution in [3.05, 3.63) is 35.3 Å². The lowest BCUT2D eigenvalue weighted by molar-refractivity contribution is 0.0950. The molecule has 6 heteroatoms. The molecule has 0 unspecified atom stereocenters. The maximum absolute atomic E-state index is 11.9. The van der Waals surface area contributed by atoms with Gasteiger partial charge >= 0.3 is 0 Å². The highest BCUT2D eigenvalue weighted by molar-refractivity contribution is 7.13. The Bertz CT molecular complexity index is 581. The van der Waals surface area contributed by atoms with E-state index in [4.69, 9.17) is 4.74 Å². The Kier molecular flexibility index (Phi) is 5.71. The third-order valence-electron chi connectivity index (χ3n) is 2.81. The first-order valence-corrected chi connectivity index (χ1v) is 7.74. The second-order valence-electron chi connectivity index (χ2n) is 4.35. The molecule has 2 aromatic rings. The molecule has 0 aliphatic rings. The van der Waals surface area contributed by atoms with Crippen LogP contribution in [0.25, 0.3) is 10.6 Å². The van der Waals surface area contributed by atoms with Gasteiger partial charge in [0.2, 0.25) is 0 Å². The number of rotatable bonds is 7. The molecule has 0 atom stereocenters. The second kappa shape index (κ2) is 7.75. The summed E-state index contributed by atoms with van der Waals surface area (Å²) in [5.41, 5.74) is 1.44. The fourth-order valence-corrected chi connectivity index (χ4v) is 2.57. The van der Waals surface area contributed by atoms with Crippen LogP contribution in [-0.2, 0) is 0 Å². The second-order valence-corrected chi connectivity index (χ2v) is 5.21. The van der Waals surface area contributed by atoms with Gasteiger partial charge in [0, 0.05) is 24.0 Å². The summed E-state index contributed by atoms with van der Waals surface area (Å²) < 4.78 is 5.41. The van der Waals surface area contributed by atoms with Crippen molar-refractivity contribution in [2.24, 2.45) is 0 Å². The number of aromatic nitrogens is 1. The number of amides is 1. The molecule has 2 rings (SSSR count). The van der Waals surface area contributed by atoms with Crippen LogP contribution < -0.4 is 15.4 Å². The lowest BCUT2D eigenvalue weighted by atomic mass is 10.2. The Morgan fingerprint density at radius 2 is 2.05 bits per heavy atom. The summed E-state index contributed by atoms with van der Waals surface area (Å²) in [6.45, 7) is 3.92. The van der Waals surface area contributed by atoms with Crippen LogP contribution in [0.4, 0.5) is 0 Å². The van der Waals surface area contributed by atoms with Gasteiger partial charge in [-0.3, -0.25) is 4.79 Å². The summed E-state index contributed by atoms with van der Waals surface area (Å²) in [5.74, 6) is 0.696. The van der Waals surface area contributed by atoms with Crippen molar-refractivity contribution in [3.63, 3.8) is 0 Å². The molecule has 5 nitrogen and oxygen atoms in total. The molecule has 1 amide bonds. The highest BCUT2D eigenvalue weighted by Crippen LogP contribution is 2.25. The topological polar surface area (TPSA) is 63.2 Å². The number of hydrogen-bond acceptors (Lipinski definition) is 5. The molecule has 1 aromatic carbocycles. The Morgan fingerprint density at radius 3 is 2.71 bits per heavy atom. The molecule has 112 valence electrons. The SMILES string of the molecule is CCOc1ccc(-c2nc(C(=O)NCCNC)cs2)cc1. The predicted molar refractivity (Wildman–Crippen MR) is 85.0 cm³/mol. The summed E-state index contributed by atoms with van der Waals surface area (Å²) in [5, 5.41) is 8.40. The van der Waals surface area contributed by atoms with E-state index >= 15 is 0 Å². The van der Waals surface area contributed by atoms with E-state index in [1.807, 2.05) is 38.2 Å². The zero-order valence-electron chi connectivity index (χ0n) is 12.2. The maximum atomic E-state index is 11.9. The third-order valence-corrected chi connectivity index (χ3v) is 3.70. The molecule has 21 heavy (non-hydrogen) atoms. The number of nitrogens with one attached hydrogen (secondary N) is 2. The van der Waals surface area contributed by atoms with Gasteiger partial charge in [-0.1, -0.05) is 0 Å². The Balaban J connectivity index is 2.03. The number of hydrogen-bond donors (Lipinski definition) is 2. The molecule has 0 aliphatic carbocycles. The molecule has 0 aliphatic heterocycles. The van der Waals surface area contributed by atoms with Gasteiger partial charge in [0.1, 0.15) is 16.5 Å². The summed E-state index contributed by atoms with van der Waals surface area (Å²) in [6, 6.07) is 7.72. The van der Waals surface area contributed by atoms with Gasteiger partial charge in [-0.05, 0) is 38.2 Å². The van der Waals surface area contributed by atoms with Crippen molar-refractivity contribution in [1.82, 2.24) is 15.6 Å². The highest BCUT2D eigenvalue weighted by Gasteiger charge is 2.11. The average molecular weight is 305 g/mol. The number of nitrogens with zero attached hydrogens (tertiary/aromatic N) is 1. The van der Waals surface area contributed by atoms with E-state index in [0.717, 1.165) is 22.9 Å². The lowest BCUT2D eigenvalue weighted by Crippen LogP contribution is -2.30. The minimum atomic E-state index is -0.140. The van der Waals surface area contributed by atoms with Gasteiger partial charge in [-0.2, -0.15) is 0 Å². The van der Waals surface area contributed by atoms with Crippen molar-refractivity contribution in [3.8, 4) is 16.3 Å². The molecule has 0 bridgehead atoms. The van der Waals surface area contributed by atoms with Crippen LogP contribution in [-0.4, -0.2) is 37.6 Å². The molecule has 0 saturated heterocycles. The van der Waals surface area contributed by atoms with Gasteiger partial charge in [-0.25, -0.2) is 4.98 Å². The average Bonchev–Trinajstić information content (AvgIpc) is 2.98. The summed E-state index contributed by atoms with van der Waals surface area (Å²) >= 11 is 1.46. The summed E-state index contributed by atoms with van der Waals surface area (Å²) in [4.78, 5) is 16.3. The smallest absolute Gasteiger partial charge is 0.270 e. The minimum Gasteiger partial charge on any atom is -0.494 e. The molecule has 1 aromatic heterocycles. The van der Waals surface area contributed by atoms with Crippen LogP contribution in [0.1, 0.15) is 17.4 Å². The van der Waals surface area contributed by atoms with Crippen LogP contribution >= 0.6 is 11.3 Å². The fourth-order valence-electron chi connectivity index (χ4n) is 1.76. The van der Waals surface area contributed by atoms with E-state index in [-0.39, 0.29) is 5.91 Å². The molecular weight excluding hydrogens is 286 g/mol. The van der Waals surface area contributed by atoms with Crippen LogP contribution in [0.5, 0.6) is 5.75 Å². The summed E-state index contributed by atoms with van der Waals surface area (Å²) in [6.07, 6.45) is 0. The first-order valence-electron chi connectivity index (χ1n) is 6.86. The first kappa shape index (κ1) is 15.5. The largest absolute Gasteiger partial charge is 0.494 e. The fraction of sp³-hybridized carbons (Fsp3) is 0.333. The number of benzene rings is 1. The molecule has 0 spiro atoms. The van der Waals surface area contributed by atoms with Crippen LogP contribution in [0.3, 0.4) is 0 Å². The predicted octanol–water partition coefficient (Wildman–Crippen LogP) is 2.16. The molecule has 0 fully saturated rings. The van der Waals surface area contributed by atoms with Crippen LogP contribution in [0.15, 0.2) is 29.6 Å². The van der Waals surface area contributed by atoms with Crippen molar-refractivity contribution < 1.29 is 9.53 Å². The molecule has 0 radical (unpaired) electrons. The van der Waals surface area contributed by atoms with E-state index in [1.165, 1.54) is 11.3 Å². The monoisotopic (exact) mass is 305 g/mol. The lowest BCUT2D eigenvalue weighted by Gasteiger charge is -2.03. The van der Waals surface area contributed by atoms with E-state index in [0.29, 0.717) is 18.8 Å². The maximum Gasteiger partial charge on any atom is 0.270 e. The number of ether oxygens (including phenoxy) is 1. The van der Waals surface area contributed by atoms with Crippen molar-refractivity contribution in [1.29, 1.82) is 0 Å². The van der Waals surface area contributed by atoms with Crippen molar-refractivity contribution >= 4 is 17.2 Å². The van der Waals surface area contributed by atoms with Gasteiger partial charge < -0.3 is 15.4 Å². The van der Waals surface area contributed by atoms with Gasteiger partial charge in [-0.15, -0.1) is 11.3 Å². The van der Waals surface area contributed by atoms with E-state index < -0.39 is 0 Å². The minimum absolute atomic E-state index is 0.140. The van der Waals surface area contributed by atoms with Gasteiger partial charge in [0.05, 0.1) is 6.61 Å². The zero-order valence-corrected chi connectivity index (χ0v) is 13.0. The number of thiazole rings is 1. The number of carbonyl (C=O) groups is 1. The molecule has 0 saturated carbocycles. The van der Waals surface area contributed by atoms with Crippen LogP contribution in [0, 0.1) is 0 Å². The molecule has 2 N–H and O–H groups in total. The first-order chi connectivity index (χ1) is 10.2. The van der Waals surface area contributed by atoms with E-state index in [2.05, 4.69) is 15.6 Å². The molecule has 1 heterocycles. The van der Waals surface area contributed by atoms with Crippen LogP contribution in [0.2, 0.25) is 0 Å². The third kappa shape index (κ3) is 4.27. The normalized spacial score (nSPS) is 10.4. The highest BCUT2D eigenvalue weighted by atomic mass is 32.1. The number of likely N-dealkylation sites (N-methyl/N-ethyl adjacent to an activating group) is 1. The van der Waals surface area contributed by atoms with E-state index in [9.17, 15) is 4.79 Å². The zero-order chi connectivity index (χ0) is 15.1. The molecular formula is C15H19N3O2S. The van der Waals surface area contributed by atoms with E-state index in [1.54, 1.807) is 5.38 Å². The Hall–Kier alpha value is -1.92. The van der Waals surface area contributed by atoms with Crippen molar-refractivity contribution in [2.75, 3.05) is 26.7 Å². The van der Waals surface area contributed by atoms with Gasteiger partial charge in [0.25, 0.3) is 5.91 Å². The Labute approximate surface area is 128 Å². The van der Waals surface area contributed by atoms with Crippen molar-refractivity contribution in [2.45, 2.75) is 6.92 Å². The summed E-state index contributed by atoms with van der Waals surface area (Å²) in [7, 11) is 1.85. The van der Waals surface area contributed by atoms with Gasteiger partial charge in [0.15, 0.2) is 0 Å². The quantitative estimate of drug-likeness (QED) is 0.770.